The minimum absolute atomic E-state index is 0.312. The maximum Gasteiger partial charge on any atom is 0.325 e. The van der Waals surface area contributed by atoms with Crippen LogP contribution in [0.4, 0.5) is 0 Å². The van der Waals surface area contributed by atoms with E-state index < -0.39 is 11.5 Å². The lowest BCUT2D eigenvalue weighted by atomic mass is 10.0. The molecule has 1 heterocycles. The Morgan fingerprint density at radius 2 is 2.43 bits per heavy atom. The summed E-state index contributed by atoms with van der Waals surface area (Å²) in [6.07, 6.45) is 1.77. The van der Waals surface area contributed by atoms with Crippen molar-refractivity contribution in [3.05, 3.63) is 18.0 Å². The summed E-state index contributed by atoms with van der Waals surface area (Å²) in [7, 11) is 1.63. The second-order valence-electron chi connectivity index (χ2n) is 3.54. The average Bonchev–Trinajstić information content (AvgIpc) is 2.50. The first kappa shape index (κ1) is 10.7. The summed E-state index contributed by atoms with van der Waals surface area (Å²) in [4.78, 5) is 11.0. The minimum atomic E-state index is -0.974. The van der Waals surface area contributed by atoms with Gasteiger partial charge in [-0.25, -0.2) is 0 Å². The smallest absolute Gasteiger partial charge is 0.325 e. The maximum atomic E-state index is 11.0. The van der Waals surface area contributed by atoms with Gasteiger partial charge in [0.25, 0.3) is 0 Å². The van der Waals surface area contributed by atoms with Crippen LogP contribution in [0.25, 0.3) is 0 Å². The molecule has 0 aromatic carbocycles. The topological polar surface area (TPSA) is 67.2 Å². The highest BCUT2D eigenvalue weighted by Crippen LogP contribution is 2.07. The lowest BCUT2D eigenvalue weighted by Crippen LogP contribution is -2.50. The number of hydrogen-bond acceptors (Lipinski definition) is 3. The van der Waals surface area contributed by atoms with Gasteiger partial charge in [0.15, 0.2) is 0 Å². The number of aliphatic carboxylic acids is 1. The number of nitrogens with zero attached hydrogens (tertiary/aromatic N) is 2. The van der Waals surface area contributed by atoms with Gasteiger partial charge in [-0.2, -0.15) is 5.10 Å². The summed E-state index contributed by atoms with van der Waals surface area (Å²) < 4.78 is 1.62. The van der Waals surface area contributed by atoms with Crippen LogP contribution < -0.4 is 5.32 Å². The van der Waals surface area contributed by atoms with Crippen LogP contribution in [-0.4, -0.2) is 33.4 Å². The molecule has 5 heteroatoms. The Bertz CT molecular complexity index is 335. The Morgan fingerprint density at radius 1 is 1.79 bits per heavy atom. The quantitative estimate of drug-likeness (QED) is 0.726. The molecule has 2 N–H and O–H groups in total. The van der Waals surface area contributed by atoms with Gasteiger partial charge in [0.05, 0.1) is 12.2 Å². The Kier molecular flexibility index (Phi) is 2.90. The lowest BCUT2D eigenvalue weighted by Gasteiger charge is -2.23. The van der Waals surface area contributed by atoms with Crippen LogP contribution in [0.1, 0.15) is 12.6 Å². The Balaban J connectivity index is 2.80. The van der Waals surface area contributed by atoms with E-state index in [1.54, 1.807) is 24.9 Å². The van der Waals surface area contributed by atoms with E-state index in [1.807, 2.05) is 13.0 Å². The summed E-state index contributed by atoms with van der Waals surface area (Å²) in [6, 6.07) is 1.85. The van der Waals surface area contributed by atoms with Gasteiger partial charge in [-0.05, 0) is 27.0 Å². The van der Waals surface area contributed by atoms with Gasteiger partial charge in [0.1, 0.15) is 5.54 Å². The monoisotopic (exact) mass is 197 g/mol. The molecule has 1 atom stereocenters. The average molecular weight is 197 g/mol. The fourth-order valence-electron chi connectivity index (χ4n) is 1.13. The molecule has 0 bridgehead atoms. The highest BCUT2D eigenvalue weighted by Gasteiger charge is 2.31. The van der Waals surface area contributed by atoms with Crippen molar-refractivity contribution in [1.82, 2.24) is 15.1 Å². The number of nitrogens with one attached hydrogen (secondary N) is 1. The van der Waals surface area contributed by atoms with Crippen LogP contribution in [0.5, 0.6) is 0 Å². The third-order valence-corrected chi connectivity index (χ3v) is 2.28. The van der Waals surface area contributed by atoms with Crippen LogP contribution in [0.15, 0.2) is 12.3 Å². The normalized spacial score (nSPS) is 15.1. The summed E-state index contributed by atoms with van der Waals surface area (Å²) in [5.41, 5.74) is -0.0906. The Hall–Kier alpha value is -1.36. The van der Waals surface area contributed by atoms with Crippen molar-refractivity contribution in [3.63, 3.8) is 0 Å². The fraction of sp³-hybridized carbons (Fsp3) is 0.556. The molecular weight excluding hydrogens is 182 g/mol. The van der Waals surface area contributed by atoms with Gasteiger partial charge in [-0.1, -0.05) is 0 Å². The largest absolute Gasteiger partial charge is 0.480 e. The molecule has 1 aromatic rings. The number of carbonyl (C=O) groups is 1. The molecular formula is C9H15N3O2. The molecule has 78 valence electrons. The van der Waals surface area contributed by atoms with E-state index in [9.17, 15) is 4.79 Å². The van der Waals surface area contributed by atoms with Gasteiger partial charge in [-0.15, -0.1) is 0 Å². The highest BCUT2D eigenvalue weighted by atomic mass is 16.4. The van der Waals surface area contributed by atoms with Crippen LogP contribution >= 0.6 is 0 Å². The molecule has 0 spiro atoms. The van der Waals surface area contributed by atoms with Gasteiger partial charge in [0.2, 0.25) is 0 Å². The predicted molar refractivity (Wildman–Crippen MR) is 52.1 cm³/mol. The zero-order valence-corrected chi connectivity index (χ0v) is 8.61. The molecule has 1 aromatic heterocycles. The first-order chi connectivity index (χ1) is 6.48. The number of likely N-dealkylation sites (N-methyl/N-ethyl adjacent to an activating group) is 1. The van der Waals surface area contributed by atoms with Crippen molar-refractivity contribution in [1.29, 1.82) is 0 Å². The van der Waals surface area contributed by atoms with E-state index in [1.165, 1.54) is 0 Å². The van der Waals surface area contributed by atoms with E-state index in [0.29, 0.717) is 6.54 Å². The SMILES string of the molecule is CNC(C)(Cn1ccc(C)n1)C(=O)O. The van der Waals surface area contributed by atoms with Crippen molar-refractivity contribution in [2.24, 2.45) is 0 Å². The maximum absolute atomic E-state index is 11.0. The van der Waals surface area contributed by atoms with Gasteiger partial charge < -0.3 is 10.4 Å². The first-order valence-electron chi connectivity index (χ1n) is 4.40. The third-order valence-electron chi connectivity index (χ3n) is 2.28. The zero-order chi connectivity index (χ0) is 10.8. The van der Waals surface area contributed by atoms with Gasteiger partial charge in [-0.3, -0.25) is 9.48 Å². The number of aromatic nitrogens is 2. The van der Waals surface area contributed by atoms with E-state index in [2.05, 4.69) is 10.4 Å². The lowest BCUT2D eigenvalue weighted by molar-refractivity contribution is -0.144. The van der Waals surface area contributed by atoms with Crippen molar-refractivity contribution in [2.45, 2.75) is 25.9 Å². The van der Waals surface area contributed by atoms with Crippen LogP contribution in [-0.2, 0) is 11.3 Å². The predicted octanol–water partition coefficient (Wildman–Crippen LogP) is 0.254. The van der Waals surface area contributed by atoms with E-state index in [0.717, 1.165) is 5.69 Å². The van der Waals surface area contributed by atoms with Crippen molar-refractivity contribution >= 4 is 5.97 Å². The second kappa shape index (κ2) is 3.79. The van der Waals surface area contributed by atoms with Crippen LogP contribution in [0, 0.1) is 6.92 Å². The van der Waals surface area contributed by atoms with Gasteiger partial charge >= 0.3 is 5.97 Å². The molecule has 0 fully saturated rings. The Labute approximate surface area is 82.7 Å². The molecule has 0 aliphatic carbocycles. The van der Waals surface area contributed by atoms with E-state index in [-0.39, 0.29) is 0 Å². The molecule has 0 amide bonds. The molecule has 1 rings (SSSR count). The first-order valence-corrected chi connectivity index (χ1v) is 4.40. The molecule has 5 nitrogen and oxygen atoms in total. The molecule has 14 heavy (non-hydrogen) atoms. The van der Waals surface area contributed by atoms with Crippen LogP contribution in [0.3, 0.4) is 0 Å². The van der Waals surface area contributed by atoms with Crippen molar-refractivity contribution in [2.75, 3.05) is 7.05 Å². The molecule has 0 saturated heterocycles. The summed E-state index contributed by atoms with van der Waals surface area (Å²) in [5, 5.41) is 15.9. The number of hydrogen-bond donors (Lipinski definition) is 2. The number of aryl methyl sites for hydroxylation is 1. The number of carboxylic acid groups (broad SMARTS) is 1. The molecule has 0 aliphatic heterocycles. The third kappa shape index (κ3) is 2.11. The second-order valence-corrected chi connectivity index (χ2v) is 3.54. The molecule has 0 aliphatic rings. The van der Waals surface area contributed by atoms with Gasteiger partial charge in [0, 0.05) is 6.20 Å². The van der Waals surface area contributed by atoms with Crippen molar-refractivity contribution < 1.29 is 9.90 Å². The minimum Gasteiger partial charge on any atom is -0.480 e. The summed E-state index contributed by atoms with van der Waals surface area (Å²) >= 11 is 0. The Morgan fingerprint density at radius 3 is 2.79 bits per heavy atom. The van der Waals surface area contributed by atoms with Crippen LogP contribution in [0.2, 0.25) is 0 Å². The van der Waals surface area contributed by atoms with E-state index >= 15 is 0 Å². The summed E-state index contributed by atoms with van der Waals surface area (Å²) in [6.45, 7) is 3.81. The highest BCUT2D eigenvalue weighted by molar-refractivity contribution is 5.78. The number of carboxylic acids is 1. The fourth-order valence-corrected chi connectivity index (χ4v) is 1.13. The molecule has 0 radical (unpaired) electrons. The zero-order valence-electron chi connectivity index (χ0n) is 8.61. The van der Waals surface area contributed by atoms with E-state index in [4.69, 9.17) is 5.11 Å². The summed E-state index contributed by atoms with van der Waals surface area (Å²) in [5.74, 6) is -0.881. The molecule has 0 saturated carbocycles. The van der Waals surface area contributed by atoms with Crippen molar-refractivity contribution in [3.8, 4) is 0 Å². The molecule has 1 unspecified atom stereocenters. The standard InChI is InChI=1S/C9H15N3O2/c1-7-4-5-12(11-7)6-9(2,10-3)8(13)14/h4-5,10H,6H2,1-3H3,(H,13,14). The number of rotatable bonds is 4.